The van der Waals surface area contributed by atoms with Crippen LogP contribution in [0.1, 0.15) is 31.0 Å². The number of rotatable bonds is 5. The normalized spacial score (nSPS) is 10.2. The minimum Gasteiger partial charge on any atom is -0.465 e. The smallest absolute Gasteiger partial charge is 0.326 e. The first-order valence-corrected chi connectivity index (χ1v) is 5.86. The van der Waals surface area contributed by atoms with Gasteiger partial charge in [-0.15, -0.1) is 0 Å². The van der Waals surface area contributed by atoms with Crippen LogP contribution < -0.4 is 0 Å². The molecule has 0 atom stereocenters. The lowest BCUT2D eigenvalue weighted by atomic mass is 10.0. The molecule has 1 heterocycles. The van der Waals surface area contributed by atoms with Crippen molar-refractivity contribution < 1.29 is 19.1 Å². The summed E-state index contributed by atoms with van der Waals surface area (Å²) in [6.07, 6.45) is 1.55. The zero-order valence-corrected chi connectivity index (χ0v) is 10.8. The Balaban J connectivity index is 3.03. The van der Waals surface area contributed by atoms with Crippen molar-refractivity contribution in [2.45, 2.75) is 26.7 Å². The highest BCUT2D eigenvalue weighted by atomic mass is 16.6. The van der Waals surface area contributed by atoms with E-state index >= 15 is 0 Å². The van der Waals surface area contributed by atoms with E-state index in [2.05, 4.69) is 4.98 Å². The summed E-state index contributed by atoms with van der Waals surface area (Å²) < 4.78 is 9.77. The number of carbonyl (C=O) groups excluding carboxylic acids is 2. The lowest BCUT2D eigenvalue weighted by Crippen LogP contribution is -2.27. The van der Waals surface area contributed by atoms with Gasteiger partial charge in [0, 0.05) is 6.20 Å². The number of carbonyl (C=O) groups is 2. The van der Waals surface area contributed by atoms with Crippen LogP contribution in [0.2, 0.25) is 0 Å². The molecule has 1 aromatic rings. The van der Waals surface area contributed by atoms with Crippen LogP contribution in [0.15, 0.2) is 18.3 Å². The van der Waals surface area contributed by atoms with Crippen molar-refractivity contribution in [3.05, 3.63) is 29.6 Å². The zero-order chi connectivity index (χ0) is 13.5. The fraction of sp³-hybridized carbons (Fsp3) is 0.462. The molecule has 0 fully saturated rings. The molecule has 0 aliphatic rings. The molecule has 0 N–H and O–H groups in total. The van der Waals surface area contributed by atoms with Crippen molar-refractivity contribution >= 4 is 11.9 Å². The van der Waals surface area contributed by atoms with E-state index in [1.807, 2.05) is 6.92 Å². The largest absolute Gasteiger partial charge is 0.465 e. The number of hydrogen-bond donors (Lipinski definition) is 0. The van der Waals surface area contributed by atoms with Gasteiger partial charge in [-0.25, -0.2) is 0 Å². The predicted octanol–water partition coefficient (Wildman–Crippen LogP) is 1.60. The molecule has 98 valence electrons. The third-order valence-corrected chi connectivity index (χ3v) is 2.28. The van der Waals surface area contributed by atoms with Crippen molar-refractivity contribution in [2.24, 2.45) is 0 Å². The predicted molar refractivity (Wildman–Crippen MR) is 65.0 cm³/mol. The Morgan fingerprint density at radius 3 is 2.22 bits per heavy atom. The maximum atomic E-state index is 11.8. The Labute approximate surface area is 106 Å². The molecule has 5 heteroatoms. The third-order valence-electron chi connectivity index (χ3n) is 2.28. The van der Waals surface area contributed by atoms with Crippen molar-refractivity contribution in [1.29, 1.82) is 0 Å². The quantitative estimate of drug-likeness (QED) is 0.587. The molecule has 0 bridgehead atoms. The molecule has 5 nitrogen and oxygen atoms in total. The molecule has 0 aromatic carbocycles. The first-order chi connectivity index (χ1) is 8.60. The lowest BCUT2D eigenvalue weighted by Gasteiger charge is -2.14. The van der Waals surface area contributed by atoms with Crippen LogP contribution in [0.25, 0.3) is 0 Å². The van der Waals surface area contributed by atoms with Crippen LogP contribution in [-0.2, 0) is 19.1 Å². The van der Waals surface area contributed by atoms with Gasteiger partial charge in [-0.1, -0.05) is 0 Å². The van der Waals surface area contributed by atoms with Gasteiger partial charge in [0.1, 0.15) is 0 Å². The minimum absolute atomic E-state index is 0.209. The fourth-order valence-electron chi connectivity index (χ4n) is 1.51. The number of aromatic nitrogens is 1. The van der Waals surface area contributed by atoms with Gasteiger partial charge in [-0.3, -0.25) is 14.6 Å². The monoisotopic (exact) mass is 251 g/mol. The topological polar surface area (TPSA) is 65.5 Å². The highest BCUT2D eigenvalue weighted by Gasteiger charge is 2.32. The van der Waals surface area contributed by atoms with E-state index in [4.69, 9.17) is 9.47 Å². The van der Waals surface area contributed by atoms with E-state index < -0.39 is 17.9 Å². The molecule has 1 aromatic heterocycles. The van der Waals surface area contributed by atoms with Crippen LogP contribution in [0.4, 0.5) is 0 Å². The summed E-state index contributed by atoms with van der Waals surface area (Å²) in [6, 6.07) is 3.47. The van der Waals surface area contributed by atoms with Gasteiger partial charge < -0.3 is 9.47 Å². The van der Waals surface area contributed by atoms with Crippen molar-refractivity contribution in [3.8, 4) is 0 Å². The number of nitrogens with zero attached hydrogens (tertiary/aromatic N) is 1. The molecule has 0 unspecified atom stereocenters. The standard InChI is InChI=1S/C13H17NO4/c1-4-17-12(15)11(13(16)18-5-2)10-8-9(3)6-7-14-10/h6-8,11H,4-5H2,1-3H3. The second-order valence-electron chi connectivity index (χ2n) is 3.70. The van der Waals surface area contributed by atoms with E-state index in [-0.39, 0.29) is 13.2 Å². The molecular weight excluding hydrogens is 234 g/mol. The third kappa shape index (κ3) is 3.55. The Bertz CT molecular complexity index is 413. The number of esters is 2. The van der Waals surface area contributed by atoms with Crippen LogP contribution in [0, 0.1) is 6.92 Å². The summed E-state index contributed by atoms with van der Waals surface area (Å²) in [5.41, 5.74) is 1.27. The molecule has 0 aliphatic carbocycles. The van der Waals surface area contributed by atoms with E-state index in [0.717, 1.165) is 5.56 Å². The van der Waals surface area contributed by atoms with Gasteiger partial charge in [-0.05, 0) is 38.5 Å². The second kappa shape index (κ2) is 6.74. The van der Waals surface area contributed by atoms with E-state index in [0.29, 0.717) is 5.69 Å². The molecule has 0 spiro atoms. The summed E-state index contributed by atoms with van der Waals surface area (Å²) in [5, 5.41) is 0. The van der Waals surface area contributed by atoms with Gasteiger partial charge >= 0.3 is 11.9 Å². The molecule has 1 rings (SSSR count). The van der Waals surface area contributed by atoms with Crippen molar-refractivity contribution in [2.75, 3.05) is 13.2 Å². The molecule has 18 heavy (non-hydrogen) atoms. The molecule has 0 aliphatic heterocycles. The first kappa shape index (κ1) is 14.2. The number of ether oxygens (including phenoxy) is 2. The summed E-state index contributed by atoms with van der Waals surface area (Å²) >= 11 is 0. The molecule has 0 radical (unpaired) electrons. The maximum Gasteiger partial charge on any atom is 0.326 e. The van der Waals surface area contributed by atoms with Gasteiger partial charge in [0.05, 0.1) is 18.9 Å². The molecule has 0 amide bonds. The summed E-state index contributed by atoms with van der Waals surface area (Å²) in [7, 11) is 0. The zero-order valence-electron chi connectivity index (χ0n) is 10.8. The maximum absolute atomic E-state index is 11.8. The average Bonchev–Trinajstić information content (AvgIpc) is 2.30. The Hall–Kier alpha value is -1.91. The second-order valence-corrected chi connectivity index (χ2v) is 3.70. The van der Waals surface area contributed by atoms with Crippen LogP contribution in [0.5, 0.6) is 0 Å². The van der Waals surface area contributed by atoms with Crippen LogP contribution >= 0.6 is 0 Å². The van der Waals surface area contributed by atoms with Gasteiger partial charge in [-0.2, -0.15) is 0 Å². The van der Waals surface area contributed by atoms with E-state index in [9.17, 15) is 9.59 Å². The summed E-state index contributed by atoms with van der Waals surface area (Å²) in [6.45, 7) is 5.65. The average molecular weight is 251 g/mol. The van der Waals surface area contributed by atoms with E-state index in [1.165, 1.54) is 0 Å². The molecule has 0 saturated heterocycles. The van der Waals surface area contributed by atoms with E-state index in [1.54, 1.807) is 32.2 Å². The van der Waals surface area contributed by atoms with Crippen molar-refractivity contribution in [3.63, 3.8) is 0 Å². The highest BCUT2D eigenvalue weighted by Crippen LogP contribution is 2.18. The molecular formula is C13H17NO4. The Kier molecular flexibility index (Phi) is 5.30. The van der Waals surface area contributed by atoms with Gasteiger partial charge in [0.25, 0.3) is 0 Å². The lowest BCUT2D eigenvalue weighted by molar-refractivity contribution is -0.157. The fourth-order valence-corrected chi connectivity index (χ4v) is 1.51. The van der Waals surface area contributed by atoms with Crippen molar-refractivity contribution in [1.82, 2.24) is 4.98 Å². The number of pyridine rings is 1. The summed E-state index contributed by atoms with van der Waals surface area (Å²) in [5.74, 6) is -2.37. The Morgan fingerprint density at radius 1 is 1.22 bits per heavy atom. The highest BCUT2D eigenvalue weighted by molar-refractivity contribution is 6.00. The minimum atomic E-state index is -1.11. The van der Waals surface area contributed by atoms with Crippen LogP contribution in [0.3, 0.4) is 0 Å². The first-order valence-electron chi connectivity index (χ1n) is 5.86. The molecule has 0 saturated carbocycles. The van der Waals surface area contributed by atoms with Gasteiger partial charge in [0.2, 0.25) is 0 Å². The summed E-state index contributed by atoms with van der Waals surface area (Å²) in [4.78, 5) is 27.7. The van der Waals surface area contributed by atoms with Crippen LogP contribution in [-0.4, -0.2) is 30.1 Å². The number of hydrogen-bond acceptors (Lipinski definition) is 5. The SMILES string of the molecule is CCOC(=O)C(C(=O)OCC)c1cc(C)ccn1. The Morgan fingerprint density at radius 2 is 1.78 bits per heavy atom. The number of aryl methyl sites for hydroxylation is 1. The van der Waals surface area contributed by atoms with Gasteiger partial charge in [0.15, 0.2) is 5.92 Å².